The fraction of sp³-hybridized carbons (Fsp3) is 0.143. The molecule has 1 amide bonds. The van der Waals surface area contributed by atoms with Crippen LogP contribution in [0.4, 0.5) is 5.69 Å². The molecule has 2 aromatic carbocycles. The molecule has 0 aliphatic rings. The lowest BCUT2D eigenvalue weighted by atomic mass is 10.0. The number of nitrogens with one attached hydrogen (secondary N) is 1. The maximum atomic E-state index is 12.3. The molecule has 0 spiro atoms. The minimum absolute atomic E-state index is 0.0373. The van der Waals surface area contributed by atoms with E-state index in [0.717, 1.165) is 22.4 Å². The van der Waals surface area contributed by atoms with E-state index in [-0.39, 0.29) is 5.57 Å². The molecule has 4 nitrogen and oxygen atoms in total. The van der Waals surface area contributed by atoms with Crippen molar-refractivity contribution < 1.29 is 9.53 Å². The Morgan fingerprint density at radius 2 is 2.00 bits per heavy atom. The van der Waals surface area contributed by atoms with E-state index in [0.29, 0.717) is 12.1 Å². The number of allylic oxidation sites excluding steroid dienone is 1. The quantitative estimate of drug-likeness (QED) is 0.488. The SMILES string of the molecule is C=CCc1cc(/C=C(/C#N)C(=O)Nc2ccc(C)cc2)ccc1OC. The second-order valence-electron chi connectivity index (χ2n) is 5.55. The van der Waals surface area contributed by atoms with Crippen LogP contribution in [0.3, 0.4) is 0 Å². The minimum Gasteiger partial charge on any atom is -0.496 e. The van der Waals surface area contributed by atoms with Crippen LogP contribution >= 0.6 is 0 Å². The van der Waals surface area contributed by atoms with Crippen molar-refractivity contribution >= 4 is 17.7 Å². The number of benzene rings is 2. The Labute approximate surface area is 148 Å². The van der Waals surface area contributed by atoms with Crippen LogP contribution in [-0.2, 0) is 11.2 Å². The Balaban J connectivity index is 2.25. The molecule has 0 fully saturated rings. The summed E-state index contributed by atoms with van der Waals surface area (Å²) in [6.07, 6.45) is 3.98. The molecule has 0 bridgehead atoms. The summed E-state index contributed by atoms with van der Waals surface area (Å²) in [6.45, 7) is 5.70. The third kappa shape index (κ3) is 4.82. The lowest BCUT2D eigenvalue weighted by Gasteiger charge is -2.08. The number of nitriles is 1. The molecule has 2 aromatic rings. The number of carbonyl (C=O) groups is 1. The Morgan fingerprint density at radius 3 is 2.60 bits per heavy atom. The smallest absolute Gasteiger partial charge is 0.266 e. The van der Waals surface area contributed by atoms with Crippen molar-refractivity contribution in [2.75, 3.05) is 12.4 Å². The van der Waals surface area contributed by atoms with Crippen molar-refractivity contribution in [2.24, 2.45) is 0 Å². The van der Waals surface area contributed by atoms with Crippen LogP contribution in [0.1, 0.15) is 16.7 Å². The van der Waals surface area contributed by atoms with E-state index < -0.39 is 5.91 Å². The van der Waals surface area contributed by atoms with Gasteiger partial charge in [-0.3, -0.25) is 4.79 Å². The third-order valence-electron chi connectivity index (χ3n) is 3.65. The van der Waals surface area contributed by atoms with Crippen molar-refractivity contribution in [3.63, 3.8) is 0 Å². The zero-order valence-electron chi connectivity index (χ0n) is 14.4. The lowest BCUT2D eigenvalue weighted by molar-refractivity contribution is -0.112. The molecule has 0 aromatic heterocycles. The predicted octanol–water partition coefficient (Wildman–Crippen LogP) is 4.28. The number of ether oxygens (including phenoxy) is 1. The van der Waals surface area contributed by atoms with Gasteiger partial charge in [0.05, 0.1) is 7.11 Å². The van der Waals surface area contributed by atoms with E-state index in [2.05, 4.69) is 11.9 Å². The van der Waals surface area contributed by atoms with Crippen LogP contribution in [-0.4, -0.2) is 13.0 Å². The Hall–Kier alpha value is -3.32. The number of nitrogens with zero attached hydrogens (tertiary/aromatic N) is 1. The summed E-state index contributed by atoms with van der Waals surface area (Å²) in [5.74, 6) is 0.312. The number of rotatable bonds is 6. The highest BCUT2D eigenvalue weighted by Gasteiger charge is 2.10. The van der Waals surface area contributed by atoms with Gasteiger partial charge in [-0.15, -0.1) is 6.58 Å². The minimum atomic E-state index is -0.438. The molecule has 0 heterocycles. The molecule has 0 radical (unpaired) electrons. The molecule has 0 aliphatic carbocycles. The second-order valence-corrected chi connectivity index (χ2v) is 5.55. The summed E-state index contributed by atoms with van der Waals surface area (Å²) in [5.41, 5.74) is 3.49. The summed E-state index contributed by atoms with van der Waals surface area (Å²) in [6, 6.07) is 14.9. The first-order valence-corrected chi connectivity index (χ1v) is 7.85. The number of hydrogen-bond acceptors (Lipinski definition) is 3. The molecule has 0 atom stereocenters. The average Bonchev–Trinajstić information content (AvgIpc) is 2.62. The number of methoxy groups -OCH3 is 1. The van der Waals surface area contributed by atoms with Crippen LogP contribution in [0.25, 0.3) is 6.08 Å². The highest BCUT2D eigenvalue weighted by atomic mass is 16.5. The molecular weight excluding hydrogens is 312 g/mol. The van der Waals surface area contributed by atoms with Crippen LogP contribution in [0.2, 0.25) is 0 Å². The number of amides is 1. The number of anilines is 1. The maximum absolute atomic E-state index is 12.3. The zero-order valence-corrected chi connectivity index (χ0v) is 14.4. The van der Waals surface area contributed by atoms with E-state index in [1.54, 1.807) is 31.4 Å². The van der Waals surface area contributed by atoms with Gasteiger partial charge in [-0.25, -0.2) is 0 Å². The van der Waals surface area contributed by atoms with Gasteiger partial charge in [0.1, 0.15) is 17.4 Å². The van der Waals surface area contributed by atoms with Crippen molar-refractivity contribution in [1.82, 2.24) is 0 Å². The number of aryl methyl sites for hydroxylation is 1. The van der Waals surface area contributed by atoms with Gasteiger partial charge >= 0.3 is 0 Å². The molecule has 0 saturated heterocycles. The van der Waals surface area contributed by atoms with Crippen LogP contribution in [0.15, 0.2) is 60.7 Å². The van der Waals surface area contributed by atoms with E-state index in [1.165, 1.54) is 0 Å². The first-order chi connectivity index (χ1) is 12.1. The molecule has 1 N–H and O–H groups in total. The summed E-state index contributed by atoms with van der Waals surface area (Å²) < 4.78 is 5.31. The van der Waals surface area contributed by atoms with Gasteiger partial charge in [0.25, 0.3) is 5.91 Å². The highest BCUT2D eigenvalue weighted by Crippen LogP contribution is 2.22. The van der Waals surface area contributed by atoms with Gasteiger partial charge < -0.3 is 10.1 Å². The van der Waals surface area contributed by atoms with Crippen molar-refractivity contribution in [1.29, 1.82) is 5.26 Å². The van der Waals surface area contributed by atoms with Gasteiger partial charge in [0.2, 0.25) is 0 Å². The van der Waals surface area contributed by atoms with E-state index in [4.69, 9.17) is 4.74 Å². The van der Waals surface area contributed by atoms with Crippen molar-refractivity contribution in [3.8, 4) is 11.8 Å². The van der Waals surface area contributed by atoms with Crippen molar-refractivity contribution in [2.45, 2.75) is 13.3 Å². The first kappa shape index (κ1) is 18.0. The Morgan fingerprint density at radius 1 is 1.28 bits per heavy atom. The lowest BCUT2D eigenvalue weighted by Crippen LogP contribution is -2.13. The Bertz CT molecular complexity index is 843. The first-order valence-electron chi connectivity index (χ1n) is 7.85. The highest BCUT2D eigenvalue weighted by molar-refractivity contribution is 6.09. The van der Waals surface area contributed by atoms with Crippen LogP contribution in [0.5, 0.6) is 5.75 Å². The van der Waals surface area contributed by atoms with Gasteiger partial charge in [-0.1, -0.05) is 29.8 Å². The fourth-order valence-electron chi connectivity index (χ4n) is 2.35. The monoisotopic (exact) mass is 332 g/mol. The summed E-state index contributed by atoms with van der Waals surface area (Å²) in [5, 5.41) is 12.1. The molecule has 0 aliphatic heterocycles. The molecule has 2 rings (SSSR count). The number of carbonyl (C=O) groups excluding carboxylic acids is 1. The molecular formula is C21H20N2O2. The topological polar surface area (TPSA) is 62.1 Å². The van der Waals surface area contributed by atoms with Crippen molar-refractivity contribution in [3.05, 3.63) is 77.4 Å². The normalized spacial score (nSPS) is 10.7. The Kier molecular flexibility index (Phi) is 6.14. The maximum Gasteiger partial charge on any atom is 0.266 e. The second kappa shape index (κ2) is 8.51. The predicted molar refractivity (Wildman–Crippen MR) is 100 cm³/mol. The van der Waals surface area contributed by atoms with Crippen LogP contribution in [0, 0.1) is 18.3 Å². The largest absolute Gasteiger partial charge is 0.496 e. The number of hydrogen-bond donors (Lipinski definition) is 1. The van der Waals surface area contributed by atoms with Crippen LogP contribution < -0.4 is 10.1 Å². The third-order valence-corrected chi connectivity index (χ3v) is 3.65. The summed E-state index contributed by atoms with van der Waals surface area (Å²) in [4.78, 5) is 12.3. The zero-order chi connectivity index (χ0) is 18.2. The average molecular weight is 332 g/mol. The van der Waals surface area contributed by atoms with Gasteiger partial charge in [0, 0.05) is 5.69 Å². The standard InChI is InChI=1S/C21H20N2O2/c1-4-5-17-12-16(8-11-20(17)25-3)13-18(14-22)21(24)23-19-9-6-15(2)7-10-19/h4,6-13H,1,5H2,2-3H3,(H,23,24)/b18-13-. The summed E-state index contributed by atoms with van der Waals surface area (Å²) >= 11 is 0. The van der Waals surface area contributed by atoms with E-state index in [9.17, 15) is 10.1 Å². The van der Waals surface area contributed by atoms with E-state index >= 15 is 0 Å². The summed E-state index contributed by atoms with van der Waals surface area (Å²) in [7, 11) is 1.60. The fourth-order valence-corrected chi connectivity index (χ4v) is 2.35. The van der Waals surface area contributed by atoms with Gasteiger partial charge in [0.15, 0.2) is 0 Å². The van der Waals surface area contributed by atoms with E-state index in [1.807, 2.05) is 43.3 Å². The molecule has 126 valence electrons. The molecule has 25 heavy (non-hydrogen) atoms. The molecule has 0 unspecified atom stereocenters. The molecule has 0 saturated carbocycles. The molecule has 4 heteroatoms. The van der Waals surface area contributed by atoms with Gasteiger partial charge in [-0.05, 0) is 54.8 Å². The van der Waals surface area contributed by atoms with Gasteiger partial charge in [-0.2, -0.15) is 5.26 Å².